The van der Waals surface area contributed by atoms with Crippen LogP contribution in [0.3, 0.4) is 0 Å². The van der Waals surface area contributed by atoms with Gasteiger partial charge in [-0.1, -0.05) is 19.1 Å². The van der Waals surface area contributed by atoms with Crippen molar-refractivity contribution in [1.82, 2.24) is 0 Å². The van der Waals surface area contributed by atoms with E-state index in [0.29, 0.717) is 6.42 Å². The standard InChI is InChI=1S/C12H13NO5/c1-2-3-5-9-10(13(16)17)6-4-7-11(9)18-8-12(14)15/h3-7H,2,8H2,1H3,(H,14,15)/b5-3+. The Hall–Kier alpha value is -2.37. The molecule has 6 nitrogen and oxygen atoms in total. The Morgan fingerprint density at radius 1 is 1.56 bits per heavy atom. The monoisotopic (exact) mass is 251 g/mol. The van der Waals surface area contributed by atoms with Gasteiger partial charge in [0.2, 0.25) is 0 Å². The third kappa shape index (κ3) is 3.58. The number of rotatable bonds is 6. The van der Waals surface area contributed by atoms with Crippen LogP contribution in [0.25, 0.3) is 6.08 Å². The average Bonchev–Trinajstić information content (AvgIpc) is 2.33. The van der Waals surface area contributed by atoms with Crippen molar-refractivity contribution >= 4 is 17.7 Å². The average molecular weight is 251 g/mol. The van der Waals surface area contributed by atoms with Gasteiger partial charge >= 0.3 is 5.97 Å². The smallest absolute Gasteiger partial charge is 0.341 e. The first-order valence-electron chi connectivity index (χ1n) is 5.34. The van der Waals surface area contributed by atoms with Gasteiger partial charge in [-0.05, 0) is 18.6 Å². The maximum absolute atomic E-state index is 10.9. The maximum Gasteiger partial charge on any atom is 0.341 e. The van der Waals surface area contributed by atoms with Crippen LogP contribution < -0.4 is 4.74 Å². The third-order valence-electron chi connectivity index (χ3n) is 2.11. The molecule has 0 aliphatic carbocycles. The number of carbonyl (C=O) groups is 1. The number of carboxylic acids is 1. The molecule has 0 heterocycles. The summed E-state index contributed by atoms with van der Waals surface area (Å²) in [6, 6.07) is 4.31. The van der Waals surface area contributed by atoms with Gasteiger partial charge in [-0.25, -0.2) is 4.79 Å². The number of nitro benzene ring substituents is 1. The highest BCUT2D eigenvalue weighted by Crippen LogP contribution is 2.29. The topological polar surface area (TPSA) is 89.7 Å². The molecule has 0 amide bonds. The number of aliphatic carboxylic acids is 1. The lowest BCUT2D eigenvalue weighted by atomic mass is 10.1. The van der Waals surface area contributed by atoms with E-state index >= 15 is 0 Å². The molecule has 0 saturated carbocycles. The van der Waals surface area contributed by atoms with Crippen molar-refractivity contribution in [2.24, 2.45) is 0 Å². The number of ether oxygens (including phenoxy) is 1. The molecular formula is C12H13NO5. The molecule has 0 bridgehead atoms. The Balaban J connectivity index is 3.14. The van der Waals surface area contributed by atoms with E-state index < -0.39 is 17.5 Å². The molecule has 0 aliphatic heterocycles. The van der Waals surface area contributed by atoms with Crippen LogP contribution in [-0.4, -0.2) is 22.6 Å². The van der Waals surface area contributed by atoms with E-state index in [9.17, 15) is 14.9 Å². The van der Waals surface area contributed by atoms with Gasteiger partial charge in [-0.2, -0.15) is 0 Å². The van der Waals surface area contributed by atoms with Crippen molar-refractivity contribution < 1.29 is 19.6 Å². The molecule has 0 aliphatic rings. The Morgan fingerprint density at radius 3 is 2.83 bits per heavy atom. The molecule has 1 aromatic rings. The van der Waals surface area contributed by atoms with E-state index in [1.807, 2.05) is 6.92 Å². The summed E-state index contributed by atoms with van der Waals surface area (Å²) in [6.07, 6.45) is 4.02. The second-order valence-corrected chi connectivity index (χ2v) is 3.44. The first-order valence-corrected chi connectivity index (χ1v) is 5.34. The number of hydrogen-bond acceptors (Lipinski definition) is 4. The molecule has 0 saturated heterocycles. The Bertz CT molecular complexity index is 481. The van der Waals surface area contributed by atoms with Crippen molar-refractivity contribution in [3.63, 3.8) is 0 Å². The molecule has 96 valence electrons. The number of benzene rings is 1. The minimum absolute atomic E-state index is 0.109. The van der Waals surface area contributed by atoms with Crippen LogP contribution in [0.15, 0.2) is 24.3 Å². The number of allylic oxidation sites excluding steroid dienone is 1. The second kappa shape index (κ2) is 6.39. The summed E-state index contributed by atoms with van der Waals surface area (Å²) >= 11 is 0. The summed E-state index contributed by atoms with van der Waals surface area (Å²) in [5, 5.41) is 19.4. The highest BCUT2D eigenvalue weighted by Gasteiger charge is 2.16. The second-order valence-electron chi connectivity index (χ2n) is 3.44. The van der Waals surface area contributed by atoms with Gasteiger partial charge in [0.25, 0.3) is 5.69 Å². The quantitative estimate of drug-likeness (QED) is 0.619. The first kappa shape index (κ1) is 13.7. The molecule has 0 spiro atoms. The van der Waals surface area contributed by atoms with Crippen LogP contribution in [0.2, 0.25) is 0 Å². The normalized spacial score (nSPS) is 10.5. The van der Waals surface area contributed by atoms with E-state index in [4.69, 9.17) is 9.84 Å². The van der Waals surface area contributed by atoms with Crippen LogP contribution in [0, 0.1) is 10.1 Å². The fourth-order valence-corrected chi connectivity index (χ4v) is 1.36. The summed E-state index contributed by atoms with van der Waals surface area (Å²) in [5.74, 6) is -0.941. The van der Waals surface area contributed by atoms with Gasteiger partial charge in [-0.3, -0.25) is 10.1 Å². The Kier molecular flexibility index (Phi) is 4.86. The van der Waals surface area contributed by atoms with Crippen LogP contribution in [0.1, 0.15) is 18.9 Å². The molecule has 18 heavy (non-hydrogen) atoms. The number of carboxylic acid groups (broad SMARTS) is 1. The van der Waals surface area contributed by atoms with Gasteiger partial charge in [0.05, 0.1) is 10.5 Å². The largest absolute Gasteiger partial charge is 0.481 e. The van der Waals surface area contributed by atoms with Crippen molar-refractivity contribution in [2.45, 2.75) is 13.3 Å². The maximum atomic E-state index is 10.9. The zero-order valence-electron chi connectivity index (χ0n) is 9.83. The lowest BCUT2D eigenvalue weighted by Gasteiger charge is -2.07. The summed E-state index contributed by atoms with van der Waals surface area (Å²) in [5.41, 5.74) is 0.174. The highest BCUT2D eigenvalue weighted by atomic mass is 16.6. The molecule has 0 atom stereocenters. The van der Waals surface area contributed by atoms with E-state index in [1.165, 1.54) is 18.2 Å². The van der Waals surface area contributed by atoms with Crippen LogP contribution in [-0.2, 0) is 4.79 Å². The summed E-state index contributed by atoms with van der Waals surface area (Å²) < 4.78 is 5.03. The lowest BCUT2D eigenvalue weighted by molar-refractivity contribution is -0.385. The van der Waals surface area contributed by atoms with E-state index in [0.717, 1.165) is 0 Å². The minimum atomic E-state index is -1.13. The molecule has 1 aromatic carbocycles. The predicted molar refractivity (Wildman–Crippen MR) is 65.6 cm³/mol. The minimum Gasteiger partial charge on any atom is -0.481 e. The molecule has 0 unspecified atom stereocenters. The van der Waals surface area contributed by atoms with Gasteiger partial charge in [0.15, 0.2) is 6.61 Å². The number of nitro groups is 1. The van der Waals surface area contributed by atoms with Gasteiger partial charge in [0.1, 0.15) is 5.75 Å². The molecular weight excluding hydrogens is 238 g/mol. The van der Waals surface area contributed by atoms with Crippen LogP contribution >= 0.6 is 0 Å². The molecule has 0 aromatic heterocycles. The fraction of sp³-hybridized carbons (Fsp3) is 0.250. The van der Waals surface area contributed by atoms with Crippen LogP contribution in [0.4, 0.5) is 5.69 Å². The van der Waals surface area contributed by atoms with Crippen molar-refractivity contribution in [3.8, 4) is 5.75 Å². The molecule has 1 rings (SSSR count). The van der Waals surface area contributed by atoms with Gasteiger partial charge in [-0.15, -0.1) is 0 Å². The zero-order chi connectivity index (χ0) is 13.5. The van der Waals surface area contributed by atoms with Crippen molar-refractivity contribution in [1.29, 1.82) is 0 Å². The van der Waals surface area contributed by atoms with E-state index in [2.05, 4.69) is 0 Å². The fourth-order valence-electron chi connectivity index (χ4n) is 1.36. The highest BCUT2D eigenvalue weighted by molar-refractivity contribution is 5.70. The summed E-state index contributed by atoms with van der Waals surface area (Å²) in [6.45, 7) is 1.36. The Labute approximate surface area is 104 Å². The number of nitrogens with zero attached hydrogens (tertiary/aromatic N) is 1. The van der Waals surface area contributed by atoms with Crippen LogP contribution in [0.5, 0.6) is 5.75 Å². The van der Waals surface area contributed by atoms with Crippen molar-refractivity contribution in [3.05, 3.63) is 40.0 Å². The zero-order valence-corrected chi connectivity index (χ0v) is 9.83. The molecule has 6 heteroatoms. The molecule has 0 radical (unpaired) electrons. The molecule has 1 N–H and O–H groups in total. The summed E-state index contributed by atoms with van der Waals surface area (Å²) in [7, 11) is 0. The SMILES string of the molecule is CC/C=C/c1c(OCC(=O)O)cccc1[N+](=O)[O-]. The van der Waals surface area contributed by atoms with Gasteiger partial charge in [0, 0.05) is 6.07 Å². The van der Waals surface area contributed by atoms with E-state index in [-0.39, 0.29) is 17.0 Å². The van der Waals surface area contributed by atoms with Gasteiger partial charge < -0.3 is 9.84 Å². The molecule has 0 fully saturated rings. The third-order valence-corrected chi connectivity index (χ3v) is 2.11. The lowest BCUT2D eigenvalue weighted by Crippen LogP contribution is -2.10. The number of hydrogen-bond donors (Lipinski definition) is 1. The Morgan fingerprint density at radius 2 is 2.28 bits per heavy atom. The predicted octanol–water partition coefficient (Wildman–Crippen LogP) is 2.48. The van der Waals surface area contributed by atoms with Crippen molar-refractivity contribution in [2.75, 3.05) is 6.61 Å². The van der Waals surface area contributed by atoms with E-state index in [1.54, 1.807) is 12.2 Å². The summed E-state index contributed by atoms with van der Waals surface area (Å²) in [4.78, 5) is 20.8. The first-order chi connectivity index (χ1) is 8.56.